The van der Waals surface area contributed by atoms with Gasteiger partial charge in [-0.05, 0) is 35.7 Å². The lowest BCUT2D eigenvalue weighted by molar-refractivity contribution is 0.623. The molecule has 2 rings (SSSR count). The molecule has 4 heteroatoms. The Morgan fingerprint density at radius 2 is 1.67 bits per heavy atom. The molecular weight excluding hydrogens is 270 g/mol. The predicted molar refractivity (Wildman–Crippen MR) is 82.0 cm³/mol. The van der Waals surface area contributed by atoms with Gasteiger partial charge in [-0.25, -0.2) is 8.78 Å². The van der Waals surface area contributed by atoms with Crippen molar-refractivity contribution in [2.24, 2.45) is 10.2 Å². The lowest BCUT2D eigenvalue weighted by atomic mass is 10.1. The highest BCUT2D eigenvalue weighted by Crippen LogP contribution is 2.10. The van der Waals surface area contributed by atoms with Gasteiger partial charge >= 0.3 is 0 Å². The third-order valence-electron chi connectivity index (χ3n) is 2.94. The molecule has 2 aromatic rings. The Labute approximate surface area is 122 Å². The minimum Gasteiger partial charge on any atom is -0.207 e. The highest BCUT2D eigenvalue weighted by molar-refractivity contribution is 5.82. The van der Waals surface area contributed by atoms with Gasteiger partial charge in [0.05, 0.1) is 12.4 Å². The van der Waals surface area contributed by atoms with E-state index in [-0.39, 0.29) is 11.6 Å². The molecule has 0 bridgehead atoms. The molecule has 0 aliphatic carbocycles. The second-order valence-electron chi connectivity index (χ2n) is 4.65. The first-order chi connectivity index (χ1) is 10.2. The zero-order chi connectivity index (χ0) is 15.1. The van der Waals surface area contributed by atoms with E-state index in [4.69, 9.17) is 0 Å². The second-order valence-corrected chi connectivity index (χ2v) is 4.65. The fraction of sp³-hybridized carbons (Fsp3) is 0.176. The van der Waals surface area contributed by atoms with Crippen molar-refractivity contribution in [1.29, 1.82) is 0 Å². The first-order valence-electron chi connectivity index (χ1n) is 6.79. The van der Waals surface area contributed by atoms with Gasteiger partial charge in [-0.15, -0.1) is 0 Å². The molecule has 0 saturated carbocycles. The first kappa shape index (κ1) is 15.0. The minimum atomic E-state index is -0.304. The summed E-state index contributed by atoms with van der Waals surface area (Å²) in [6, 6.07) is 11.0. The Morgan fingerprint density at radius 3 is 2.33 bits per heavy atom. The molecule has 2 aromatic carbocycles. The van der Waals surface area contributed by atoms with Crippen LogP contribution in [0.5, 0.6) is 0 Å². The summed E-state index contributed by atoms with van der Waals surface area (Å²) in [6.07, 6.45) is 4.69. The molecule has 0 aliphatic heterocycles. The van der Waals surface area contributed by atoms with E-state index < -0.39 is 0 Å². The van der Waals surface area contributed by atoms with Gasteiger partial charge in [0.1, 0.15) is 11.6 Å². The number of aryl methyl sites for hydroxylation is 1. The van der Waals surface area contributed by atoms with Crippen LogP contribution in [0.1, 0.15) is 30.0 Å². The van der Waals surface area contributed by atoms with Crippen LogP contribution in [0, 0.1) is 11.6 Å². The Hall–Kier alpha value is -2.36. The standard InChI is InChI=1S/C17H16F2N2/c1-2-3-13-4-7-15(17(19)10-13)12-21-20-11-14-5-8-16(18)9-6-14/h4-12H,2-3H2,1H3/b20-11+,21-12+. The van der Waals surface area contributed by atoms with Crippen LogP contribution in [-0.4, -0.2) is 12.4 Å². The maximum atomic E-state index is 13.8. The summed E-state index contributed by atoms with van der Waals surface area (Å²) < 4.78 is 26.5. The van der Waals surface area contributed by atoms with Crippen molar-refractivity contribution in [3.8, 4) is 0 Å². The predicted octanol–water partition coefficient (Wildman–Crippen LogP) is 4.37. The maximum absolute atomic E-state index is 13.8. The second kappa shape index (κ2) is 7.43. The number of hydrogen-bond acceptors (Lipinski definition) is 2. The number of nitrogens with zero attached hydrogens (tertiary/aromatic N) is 2. The normalized spacial score (nSPS) is 11.6. The van der Waals surface area contributed by atoms with Crippen LogP contribution in [0.15, 0.2) is 52.7 Å². The topological polar surface area (TPSA) is 24.7 Å². The van der Waals surface area contributed by atoms with Crippen molar-refractivity contribution in [2.45, 2.75) is 19.8 Å². The Morgan fingerprint density at radius 1 is 0.952 bits per heavy atom. The zero-order valence-electron chi connectivity index (χ0n) is 11.8. The third kappa shape index (κ3) is 4.60. The van der Waals surface area contributed by atoms with Gasteiger partial charge in [-0.3, -0.25) is 0 Å². The summed E-state index contributed by atoms with van der Waals surface area (Å²) in [5.41, 5.74) is 2.10. The summed E-state index contributed by atoms with van der Waals surface area (Å²) in [5, 5.41) is 7.63. The van der Waals surface area contributed by atoms with E-state index in [1.165, 1.54) is 30.6 Å². The molecule has 108 valence electrons. The lowest BCUT2D eigenvalue weighted by Gasteiger charge is -2.00. The van der Waals surface area contributed by atoms with Crippen LogP contribution in [0.4, 0.5) is 8.78 Å². The van der Waals surface area contributed by atoms with Crippen LogP contribution in [0.3, 0.4) is 0 Å². The summed E-state index contributed by atoms with van der Waals surface area (Å²) >= 11 is 0. The molecule has 0 aliphatic rings. The molecule has 0 atom stereocenters. The quantitative estimate of drug-likeness (QED) is 0.576. The largest absolute Gasteiger partial charge is 0.207 e. The fourth-order valence-corrected chi connectivity index (χ4v) is 1.86. The van der Waals surface area contributed by atoms with E-state index in [1.54, 1.807) is 18.2 Å². The summed E-state index contributed by atoms with van der Waals surface area (Å²) in [4.78, 5) is 0. The van der Waals surface area contributed by atoms with Gasteiger partial charge in [0.2, 0.25) is 0 Å². The number of rotatable bonds is 5. The average molecular weight is 286 g/mol. The van der Waals surface area contributed by atoms with E-state index >= 15 is 0 Å². The number of benzene rings is 2. The van der Waals surface area contributed by atoms with E-state index in [2.05, 4.69) is 17.1 Å². The molecule has 0 saturated heterocycles. The Kier molecular flexibility index (Phi) is 5.32. The van der Waals surface area contributed by atoms with Crippen molar-refractivity contribution in [3.05, 3.63) is 70.8 Å². The SMILES string of the molecule is CCCc1ccc(/C=N/N=C/c2ccc(F)cc2)c(F)c1. The summed E-state index contributed by atoms with van der Waals surface area (Å²) in [7, 11) is 0. The van der Waals surface area contributed by atoms with Gasteiger partial charge in [0, 0.05) is 5.56 Å². The molecule has 0 radical (unpaired) electrons. The highest BCUT2D eigenvalue weighted by atomic mass is 19.1. The molecule has 2 nitrogen and oxygen atoms in total. The lowest BCUT2D eigenvalue weighted by Crippen LogP contribution is -1.91. The molecule has 0 N–H and O–H groups in total. The van der Waals surface area contributed by atoms with Crippen molar-refractivity contribution in [3.63, 3.8) is 0 Å². The van der Waals surface area contributed by atoms with Gasteiger partial charge in [-0.2, -0.15) is 10.2 Å². The van der Waals surface area contributed by atoms with Crippen LogP contribution < -0.4 is 0 Å². The van der Waals surface area contributed by atoms with Gasteiger partial charge < -0.3 is 0 Å². The molecule has 0 heterocycles. The van der Waals surface area contributed by atoms with E-state index in [0.717, 1.165) is 24.0 Å². The molecule has 0 amide bonds. The molecule has 0 aromatic heterocycles. The third-order valence-corrected chi connectivity index (χ3v) is 2.94. The molecule has 0 fully saturated rings. The monoisotopic (exact) mass is 286 g/mol. The summed E-state index contributed by atoms with van der Waals surface area (Å²) in [6.45, 7) is 2.05. The van der Waals surface area contributed by atoms with Crippen molar-refractivity contribution in [2.75, 3.05) is 0 Å². The zero-order valence-corrected chi connectivity index (χ0v) is 11.8. The van der Waals surface area contributed by atoms with Crippen molar-refractivity contribution < 1.29 is 8.78 Å². The maximum Gasteiger partial charge on any atom is 0.132 e. The average Bonchev–Trinajstić information content (AvgIpc) is 2.47. The fourth-order valence-electron chi connectivity index (χ4n) is 1.86. The smallest absolute Gasteiger partial charge is 0.132 e. The minimum absolute atomic E-state index is 0.301. The van der Waals surface area contributed by atoms with Crippen LogP contribution in [0.2, 0.25) is 0 Å². The molecular formula is C17H16F2N2. The Bertz CT molecular complexity index is 646. The molecule has 0 unspecified atom stereocenters. The van der Waals surface area contributed by atoms with Gasteiger partial charge in [0.25, 0.3) is 0 Å². The van der Waals surface area contributed by atoms with E-state index in [0.29, 0.717) is 5.56 Å². The summed E-state index contributed by atoms with van der Waals surface area (Å²) in [5.74, 6) is -0.605. The van der Waals surface area contributed by atoms with E-state index in [9.17, 15) is 8.78 Å². The highest BCUT2D eigenvalue weighted by Gasteiger charge is 2.00. The van der Waals surface area contributed by atoms with Gasteiger partial charge in [0.15, 0.2) is 0 Å². The number of hydrogen-bond donors (Lipinski definition) is 0. The van der Waals surface area contributed by atoms with Crippen LogP contribution in [-0.2, 0) is 6.42 Å². The van der Waals surface area contributed by atoms with Crippen molar-refractivity contribution >= 4 is 12.4 Å². The van der Waals surface area contributed by atoms with Crippen LogP contribution >= 0.6 is 0 Å². The van der Waals surface area contributed by atoms with Gasteiger partial charge in [-0.1, -0.05) is 37.6 Å². The van der Waals surface area contributed by atoms with Crippen molar-refractivity contribution in [1.82, 2.24) is 0 Å². The molecule has 21 heavy (non-hydrogen) atoms. The molecule has 0 spiro atoms. The van der Waals surface area contributed by atoms with Crippen LogP contribution in [0.25, 0.3) is 0 Å². The Balaban J connectivity index is 2.02. The first-order valence-corrected chi connectivity index (χ1v) is 6.79. The van der Waals surface area contributed by atoms with E-state index in [1.807, 2.05) is 6.07 Å². The number of halogens is 2.